The van der Waals surface area contributed by atoms with E-state index in [4.69, 9.17) is 0 Å². The molecule has 1 N–H and O–H groups in total. The molecule has 3 heterocycles. The van der Waals surface area contributed by atoms with Gasteiger partial charge >= 0.3 is 6.03 Å². The Morgan fingerprint density at radius 3 is 2.54 bits per heavy atom. The molecule has 0 unspecified atom stereocenters. The predicted octanol–water partition coefficient (Wildman–Crippen LogP) is 5.20. The average Bonchev–Trinajstić information content (AvgIpc) is 2.66. The Hall–Kier alpha value is -1.55. The van der Waals surface area contributed by atoms with Crippen molar-refractivity contribution >= 4 is 11.7 Å². The summed E-state index contributed by atoms with van der Waals surface area (Å²) in [5.74, 6) is 1.31. The van der Waals surface area contributed by atoms with E-state index in [-0.39, 0.29) is 6.03 Å². The Morgan fingerprint density at radius 2 is 1.82 bits per heavy atom. The van der Waals surface area contributed by atoms with E-state index in [1.54, 1.807) is 0 Å². The number of rotatable bonds is 4. The maximum Gasteiger partial charge on any atom is 0.322 e. The van der Waals surface area contributed by atoms with Gasteiger partial charge in [-0.25, -0.2) is 4.79 Å². The third kappa shape index (κ3) is 3.94. The largest absolute Gasteiger partial charge is 0.322 e. The lowest BCUT2D eigenvalue weighted by Crippen LogP contribution is -2.66. The van der Waals surface area contributed by atoms with Gasteiger partial charge in [-0.2, -0.15) is 0 Å². The molecule has 4 heteroatoms. The lowest BCUT2D eigenvalue weighted by atomic mass is 9.69. The number of hydrogen-bond donors (Lipinski definition) is 1. The van der Waals surface area contributed by atoms with Crippen LogP contribution in [-0.4, -0.2) is 47.5 Å². The maximum absolute atomic E-state index is 13.4. The second kappa shape index (κ2) is 8.44. The zero-order valence-corrected chi connectivity index (χ0v) is 17.9. The standard InChI is InChI=1S/C24H37N3O/c1-4-5-10-22-21-9-7-12-26-11-6-8-19(23(21)26)16-27(22)24(28)25-20-14-17(2)13-18(3)15-20/h13-15,19,21-23H,4-12,16H2,1-3H3,(H,25,28)/t19-,21+,22+,23-/m0/s1. The number of carbonyl (C=O) groups excluding carboxylic acids is 1. The molecule has 0 saturated carbocycles. The first-order valence-corrected chi connectivity index (χ1v) is 11.5. The summed E-state index contributed by atoms with van der Waals surface area (Å²) in [5, 5.41) is 3.24. The summed E-state index contributed by atoms with van der Waals surface area (Å²) >= 11 is 0. The van der Waals surface area contributed by atoms with Crippen LogP contribution in [0.3, 0.4) is 0 Å². The smallest absolute Gasteiger partial charge is 0.321 e. The fourth-order valence-electron chi connectivity index (χ4n) is 6.25. The van der Waals surface area contributed by atoms with Gasteiger partial charge in [0.2, 0.25) is 0 Å². The highest BCUT2D eigenvalue weighted by Gasteiger charge is 2.49. The first kappa shape index (κ1) is 19.8. The van der Waals surface area contributed by atoms with Crippen molar-refractivity contribution in [3.8, 4) is 0 Å². The van der Waals surface area contributed by atoms with Gasteiger partial charge in [0.25, 0.3) is 0 Å². The van der Waals surface area contributed by atoms with Crippen LogP contribution in [0.1, 0.15) is 63.0 Å². The average molecular weight is 384 g/mol. The molecule has 28 heavy (non-hydrogen) atoms. The number of anilines is 1. The molecule has 3 aliphatic rings. The Morgan fingerprint density at radius 1 is 1.11 bits per heavy atom. The normalized spacial score (nSPS) is 30.0. The fourth-order valence-corrected chi connectivity index (χ4v) is 6.25. The van der Waals surface area contributed by atoms with Gasteiger partial charge in [-0.15, -0.1) is 0 Å². The van der Waals surface area contributed by atoms with E-state index >= 15 is 0 Å². The van der Waals surface area contributed by atoms with Crippen LogP contribution in [0.2, 0.25) is 0 Å². The molecule has 0 aromatic heterocycles. The summed E-state index contributed by atoms with van der Waals surface area (Å²) in [7, 11) is 0. The van der Waals surface area contributed by atoms with Crippen LogP contribution in [0.15, 0.2) is 18.2 Å². The summed E-state index contributed by atoms with van der Waals surface area (Å²) < 4.78 is 0. The highest BCUT2D eigenvalue weighted by molar-refractivity contribution is 5.90. The predicted molar refractivity (Wildman–Crippen MR) is 116 cm³/mol. The van der Waals surface area contributed by atoms with Crippen molar-refractivity contribution in [1.82, 2.24) is 9.80 Å². The van der Waals surface area contributed by atoms with E-state index in [1.807, 2.05) is 0 Å². The number of likely N-dealkylation sites (tertiary alicyclic amines) is 1. The van der Waals surface area contributed by atoms with Crippen LogP contribution in [0.25, 0.3) is 0 Å². The van der Waals surface area contributed by atoms with Crippen LogP contribution in [-0.2, 0) is 0 Å². The fraction of sp³-hybridized carbons (Fsp3) is 0.708. The van der Waals surface area contributed by atoms with Gasteiger partial charge in [-0.1, -0.05) is 25.8 Å². The molecule has 0 aliphatic carbocycles. The van der Waals surface area contributed by atoms with Gasteiger partial charge in [0, 0.05) is 24.3 Å². The van der Waals surface area contributed by atoms with Gasteiger partial charge in [0.05, 0.1) is 0 Å². The Bertz CT molecular complexity index is 681. The lowest BCUT2D eigenvalue weighted by molar-refractivity contribution is -0.0617. The number of hydrogen-bond acceptors (Lipinski definition) is 2. The number of piperidine rings is 3. The number of nitrogens with one attached hydrogen (secondary N) is 1. The molecule has 1 aromatic rings. The molecule has 0 radical (unpaired) electrons. The highest BCUT2D eigenvalue weighted by atomic mass is 16.2. The number of benzene rings is 1. The van der Waals surface area contributed by atoms with Crippen LogP contribution in [0.4, 0.5) is 10.5 Å². The van der Waals surface area contributed by atoms with Gasteiger partial charge in [-0.3, -0.25) is 4.90 Å². The van der Waals surface area contributed by atoms with Gasteiger partial charge in [-0.05, 0) is 94.1 Å². The monoisotopic (exact) mass is 383 g/mol. The minimum absolute atomic E-state index is 0.118. The lowest BCUT2D eigenvalue weighted by Gasteiger charge is -2.57. The molecule has 1 aromatic carbocycles. The molecule has 0 spiro atoms. The van der Waals surface area contributed by atoms with E-state index in [0.717, 1.165) is 24.7 Å². The van der Waals surface area contributed by atoms with Gasteiger partial charge in [0.15, 0.2) is 0 Å². The van der Waals surface area contributed by atoms with Crippen molar-refractivity contribution < 1.29 is 4.79 Å². The minimum Gasteiger partial charge on any atom is -0.321 e. The number of nitrogens with zero attached hydrogens (tertiary/aromatic N) is 2. The van der Waals surface area contributed by atoms with Gasteiger partial charge < -0.3 is 10.2 Å². The van der Waals surface area contributed by atoms with Crippen molar-refractivity contribution in [2.75, 3.05) is 25.0 Å². The van der Waals surface area contributed by atoms with Crippen molar-refractivity contribution in [2.45, 2.75) is 77.8 Å². The third-order valence-electron chi connectivity index (χ3n) is 7.26. The number of amides is 2. The van der Waals surface area contributed by atoms with Crippen LogP contribution < -0.4 is 5.32 Å². The third-order valence-corrected chi connectivity index (χ3v) is 7.26. The van der Waals surface area contributed by atoms with Gasteiger partial charge in [0.1, 0.15) is 0 Å². The molecule has 3 aliphatic heterocycles. The Labute approximate surface area is 170 Å². The number of aryl methyl sites for hydroxylation is 2. The molecule has 154 valence electrons. The van der Waals surface area contributed by atoms with E-state index < -0.39 is 0 Å². The van der Waals surface area contributed by atoms with Crippen molar-refractivity contribution in [3.63, 3.8) is 0 Å². The maximum atomic E-state index is 13.4. The molecule has 3 saturated heterocycles. The first-order chi connectivity index (χ1) is 13.6. The van der Waals surface area contributed by atoms with Crippen molar-refractivity contribution in [3.05, 3.63) is 29.3 Å². The molecule has 4 rings (SSSR count). The topological polar surface area (TPSA) is 35.6 Å². The van der Waals surface area contributed by atoms with Crippen molar-refractivity contribution in [1.29, 1.82) is 0 Å². The quantitative estimate of drug-likeness (QED) is 0.775. The summed E-state index contributed by atoms with van der Waals surface area (Å²) in [6.07, 6.45) is 8.73. The summed E-state index contributed by atoms with van der Waals surface area (Å²) in [5.41, 5.74) is 3.34. The molecule has 4 nitrogen and oxygen atoms in total. The van der Waals surface area contributed by atoms with E-state index in [0.29, 0.717) is 17.9 Å². The highest BCUT2D eigenvalue weighted by Crippen LogP contribution is 2.43. The molecular formula is C24H37N3O. The number of carbonyl (C=O) groups is 1. The Kier molecular flexibility index (Phi) is 5.96. The second-order valence-corrected chi connectivity index (χ2v) is 9.40. The molecule has 2 amide bonds. The zero-order chi connectivity index (χ0) is 19.7. The van der Waals surface area contributed by atoms with E-state index in [9.17, 15) is 4.79 Å². The number of unbranched alkanes of at least 4 members (excludes halogenated alkanes) is 1. The molecule has 0 bridgehead atoms. The minimum atomic E-state index is 0.118. The Balaban J connectivity index is 1.57. The molecular weight excluding hydrogens is 346 g/mol. The first-order valence-electron chi connectivity index (χ1n) is 11.5. The summed E-state index contributed by atoms with van der Waals surface area (Å²) in [6, 6.07) is 7.56. The van der Waals surface area contributed by atoms with Crippen LogP contribution >= 0.6 is 0 Å². The SMILES string of the molecule is CCCC[C@@H]1[C@H]2CCCN3CCC[C@@H](CN1C(=O)Nc1cc(C)cc(C)c1)[C@@H]23. The zero-order valence-electron chi connectivity index (χ0n) is 17.9. The summed E-state index contributed by atoms with van der Waals surface area (Å²) in [4.78, 5) is 18.4. The van der Waals surface area contributed by atoms with E-state index in [1.165, 1.54) is 62.7 Å². The van der Waals surface area contributed by atoms with Crippen LogP contribution in [0, 0.1) is 25.7 Å². The number of urea groups is 1. The molecule has 3 fully saturated rings. The van der Waals surface area contributed by atoms with Crippen LogP contribution in [0.5, 0.6) is 0 Å². The second-order valence-electron chi connectivity index (χ2n) is 9.40. The van der Waals surface area contributed by atoms with E-state index in [2.05, 4.69) is 54.1 Å². The molecule has 4 atom stereocenters. The summed E-state index contributed by atoms with van der Waals surface area (Å²) in [6.45, 7) is 9.93. The van der Waals surface area contributed by atoms with Crippen molar-refractivity contribution in [2.24, 2.45) is 11.8 Å².